The van der Waals surface area contributed by atoms with Crippen molar-refractivity contribution in [3.63, 3.8) is 0 Å². The van der Waals surface area contributed by atoms with Crippen LogP contribution in [0.2, 0.25) is 5.02 Å². The first-order valence-corrected chi connectivity index (χ1v) is 6.46. The molecule has 98 valence electrons. The van der Waals surface area contributed by atoms with Gasteiger partial charge in [0.1, 0.15) is 5.02 Å². The van der Waals surface area contributed by atoms with Gasteiger partial charge in [0.15, 0.2) is 0 Å². The van der Waals surface area contributed by atoms with Crippen molar-refractivity contribution in [2.24, 2.45) is 0 Å². The summed E-state index contributed by atoms with van der Waals surface area (Å²) in [4.78, 5) is 10.3. The summed E-state index contributed by atoms with van der Waals surface area (Å²) in [5, 5.41) is 17.7. The molecule has 0 saturated carbocycles. The molecule has 2 N–H and O–H groups in total. The van der Waals surface area contributed by atoms with Crippen LogP contribution in [0, 0.1) is 10.1 Å². The maximum atomic E-state index is 10.8. The molecule has 0 radical (unpaired) electrons. The minimum atomic E-state index is -0.456. The van der Waals surface area contributed by atoms with E-state index in [1.165, 1.54) is 6.07 Å². The number of hydrogen-bond acceptors (Lipinski definition) is 4. The SMILES string of the molecule is O=[N+]([O-])c1cc(NC2CCCNCC2)ccc1Cl. The van der Waals surface area contributed by atoms with Gasteiger partial charge in [-0.1, -0.05) is 11.6 Å². The second-order valence-electron chi connectivity index (χ2n) is 4.45. The molecule has 0 aliphatic carbocycles. The van der Waals surface area contributed by atoms with E-state index in [4.69, 9.17) is 11.6 Å². The van der Waals surface area contributed by atoms with Crippen LogP contribution in [0.25, 0.3) is 0 Å². The number of benzene rings is 1. The van der Waals surface area contributed by atoms with Gasteiger partial charge in [0.25, 0.3) is 5.69 Å². The zero-order chi connectivity index (χ0) is 13.0. The van der Waals surface area contributed by atoms with Crippen LogP contribution in [0.3, 0.4) is 0 Å². The quantitative estimate of drug-likeness (QED) is 0.654. The number of rotatable bonds is 3. The lowest BCUT2D eigenvalue weighted by molar-refractivity contribution is -0.384. The van der Waals surface area contributed by atoms with Crippen LogP contribution >= 0.6 is 11.6 Å². The number of nitro benzene ring substituents is 1. The maximum Gasteiger partial charge on any atom is 0.289 e. The van der Waals surface area contributed by atoms with Crippen LogP contribution in [-0.4, -0.2) is 24.1 Å². The first-order valence-electron chi connectivity index (χ1n) is 6.08. The molecule has 1 aromatic carbocycles. The van der Waals surface area contributed by atoms with E-state index in [1.807, 2.05) is 0 Å². The predicted molar refractivity (Wildman–Crippen MR) is 72.2 cm³/mol. The van der Waals surface area contributed by atoms with Gasteiger partial charge in [-0.2, -0.15) is 0 Å². The lowest BCUT2D eigenvalue weighted by atomic mass is 10.1. The maximum absolute atomic E-state index is 10.8. The van der Waals surface area contributed by atoms with Gasteiger partial charge in [-0.15, -0.1) is 0 Å². The molecule has 1 saturated heterocycles. The largest absolute Gasteiger partial charge is 0.382 e. The predicted octanol–water partition coefficient (Wildman–Crippen LogP) is 2.80. The molecule has 5 nitrogen and oxygen atoms in total. The summed E-state index contributed by atoms with van der Waals surface area (Å²) in [6.45, 7) is 2.02. The normalized spacial score (nSPS) is 20.2. The van der Waals surface area contributed by atoms with E-state index in [1.54, 1.807) is 12.1 Å². The van der Waals surface area contributed by atoms with E-state index in [-0.39, 0.29) is 10.7 Å². The van der Waals surface area contributed by atoms with Crippen molar-refractivity contribution in [1.82, 2.24) is 5.32 Å². The summed E-state index contributed by atoms with van der Waals surface area (Å²) in [5.74, 6) is 0. The number of halogens is 1. The monoisotopic (exact) mass is 269 g/mol. The highest BCUT2D eigenvalue weighted by Gasteiger charge is 2.15. The molecule has 1 atom stereocenters. The minimum Gasteiger partial charge on any atom is -0.382 e. The number of hydrogen-bond donors (Lipinski definition) is 2. The molecule has 2 rings (SSSR count). The van der Waals surface area contributed by atoms with Crippen LogP contribution in [-0.2, 0) is 0 Å². The van der Waals surface area contributed by atoms with E-state index in [9.17, 15) is 10.1 Å². The van der Waals surface area contributed by atoms with E-state index in [0.29, 0.717) is 6.04 Å². The average molecular weight is 270 g/mol. The summed E-state index contributed by atoms with van der Waals surface area (Å²) in [6, 6.07) is 5.21. The molecule has 18 heavy (non-hydrogen) atoms. The molecule has 1 unspecified atom stereocenters. The Morgan fingerprint density at radius 3 is 3.00 bits per heavy atom. The van der Waals surface area contributed by atoms with E-state index < -0.39 is 4.92 Å². The fraction of sp³-hybridized carbons (Fsp3) is 0.500. The van der Waals surface area contributed by atoms with E-state index in [2.05, 4.69) is 10.6 Å². The molecule has 1 fully saturated rings. The Morgan fingerprint density at radius 1 is 1.39 bits per heavy atom. The number of anilines is 1. The highest BCUT2D eigenvalue weighted by Crippen LogP contribution is 2.28. The molecule has 0 aromatic heterocycles. The zero-order valence-electron chi connectivity index (χ0n) is 9.99. The van der Waals surface area contributed by atoms with Crippen molar-refractivity contribution in [2.45, 2.75) is 25.3 Å². The Balaban J connectivity index is 2.08. The van der Waals surface area contributed by atoms with Gasteiger partial charge < -0.3 is 10.6 Å². The third kappa shape index (κ3) is 3.34. The first-order chi connectivity index (χ1) is 8.66. The van der Waals surface area contributed by atoms with Gasteiger partial charge in [-0.25, -0.2) is 0 Å². The molecule has 1 heterocycles. The summed E-state index contributed by atoms with van der Waals surface area (Å²) in [7, 11) is 0. The number of nitrogens with one attached hydrogen (secondary N) is 2. The Bertz CT molecular complexity index is 431. The minimum absolute atomic E-state index is 0.0478. The summed E-state index contributed by atoms with van der Waals surface area (Å²) in [6.07, 6.45) is 3.22. The smallest absolute Gasteiger partial charge is 0.289 e. The Kier molecular flexibility index (Phi) is 4.38. The van der Waals surface area contributed by atoms with Crippen LogP contribution in [0.5, 0.6) is 0 Å². The Labute approximate surface area is 111 Å². The van der Waals surface area contributed by atoms with Crippen molar-refractivity contribution in [1.29, 1.82) is 0 Å². The lowest BCUT2D eigenvalue weighted by Gasteiger charge is -2.17. The summed E-state index contributed by atoms with van der Waals surface area (Å²) >= 11 is 5.78. The first kappa shape index (κ1) is 13.1. The Hall–Kier alpha value is -1.33. The van der Waals surface area contributed by atoms with Gasteiger partial charge in [0, 0.05) is 17.8 Å². The zero-order valence-corrected chi connectivity index (χ0v) is 10.7. The van der Waals surface area contributed by atoms with Crippen molar-refractivity contribution in [2.75, 3.05) is 18.4 Å². The third-order valence-electron chi connectivity index (χ3n) is 3.09. The van der Waals surface area contributed by atoms with Crippen LogP contribution in [0.15, 0.2) is 18.2 Å². The van der Waals surface area contributed by atoms with E-state index in [0.717, 1.165) is 38.0 Å². The van der Waals surface area contributed by atoms with Gasteiger partial charge in [0.2, 0.25) is 0 Å². The molecule has 0 bridgehead atoms. The van der Waals surface area contributed by atoms with Crippen molar-refractivity contribution >= 4 is 23.0 Å². The lowest BCUT2D eigenvalue weighted by Crippen LogP contribution is -2.21. The fourth-order valence-electron chi connectivity index (χ4n) is 2.14. The van der Waals surface area contributed by atoms with Crippen LogP contribution in [0.1, 0.15) is 19.3 Å². The average Bonchev–Trinajstić information content (AvgIpc) is 2.60. The topological polar surface area (TPSA) is 67.2 Å². The van der Waals surface area contributed by atoms with Crippen molar-refractivity contribution < 1.29 is 4.92 Å². The third-order valence-corrected chi connectivity index (χ3v) is 3.41. The second-order valence-corrected chi connectivity index (χ2v) is 4.85. The van der Waals surface area contributed by atoms with Crippen LogP contribution in [0.4, 0.5) is 11.4 Å². The van der Waals surface area contributed by atoms with Crippen molar-refractivity contribution in [3.05, 3.63) is 33.3 Å². The molecule has 0 amide bonds. The number of nitro groups is 1. The van der Waals surface area contributed by atoms with Gasteiger partial charge in [-0.05, 0) is 44.5 Å². The standard InChI is InChI=1S/C12H16ClN3O2/c13-11-4-3-10(8-12(11)16(17)18)15-9-2-1-6-14-7-5-9/h3-4,8-9,14-15H,1-2,5-7H2. The summed E-state index contributed by atoms with van der Waals surface area (Å²) in [5.41, 5.74) is 0.714. The molecular weight excluding hydrogens is 254 g/mol. The van der Waals surface area contributed by atoms with E-state index >= 15 is 0 Å². The highest BCUT2D eigenvalue weighted by atomic mass is 35.5. The molecule has 1 aliphatic rings. The van der Waals surface area contributed by atoms with Gasteiger partial charge in [0.05, 0.1) is 4.92 Å². The fourth-order valence-corrected chi connectivity index (χ4v) is 2.33. The molecular formula is C12H16ClN3O2. The van der Waals surface area contributed by atoms with Crippen LogP contribution < -0.4 is 10.6 Å². The van der Waals surface area contributed by atoms with Crippen molar-refractivity contribution in [3.8, 4) is 0 Å². The van der Waals surface area contributed by atoms with Gasteiger partial charge >= 0.3 is 0 Å². The molecule has 6 heteroatoms. The highest BCUT2D eigenvalue weighted by molar-refractivity contribution is 6.32. The molecule has 1 aliphatic heterocycles. The Morgan fingerprint density at radius 2 is 2.22 bits per heavy atom. The van der Waals surface area contributed by atoms with Gasteiger partial charge in [-0.3, -0.25) is 10.1 Å². The number of nitrogens with zero attached hydrogens (tertiary/aromatic N) is 1. The molecule has 1 aromatic rings. The molecule has 0 spiro atoms. The summed E-state index contributed by atoms with van der Waals surface area (Å²) < 4.78 is 0. The second kappa shape index (κ2) is 6.02.